The van der Waals surface area contributed by atoms with E-state index in [1.807, 2.05) is 42.5 Å². The maximum absolute atomic E-state index is 12.3. The van der Waals surface area contributed by atoms with Gasteiger partial charge in [-0.05, 0) is 30.5 Å². The van der Waals surface area contributed by atoms with Crippen LogP contribution in [0.3, 0.4) is 0 Å². The molecule has 0 bridgehead atoms. The number of carbonyl (C=O) groups is 1. The van der Waals surface area contributed by atoms with Gasteiger partial charge in [-0.3, -0.25) is 4.79 Å². The maximum atomic E-state index is 12.3. The number of aliphatic hydroxyl groups is 1. The third-order valence-electron chi connectivity index (χ3n) is 4.15. The summed E-state index contributed by atoms with van der Waals surface area (Å²) in [7, 11) is 0. The molecule has 130 valence electrons. The molecule has 24 heavy (non-hydrogen) atoms. The van der Waals surface area contributed by atoms with Crippen molar-refractivity contribution in [1.82, 2.24) is 5.32 Å². The Morgan fingerprint density at radius 2 is 1.75 bits per heavy atom. The summed E-state index contributed by atoms with van der Waals surface area (Å²) in [6.07, 6.45) is 3.35. The van der Waals surface area contributed by atoms with Gasteiger partial charge in [0.2, 0.25) is 5.91 Å². The van der Waals surface area contributed by atoms with Crippen molar-refractivity contribution in [3.8, 4) is 0 Å². The van der Waals surface area contributed by atoms with Crippen LogP contribution in [0.25, 0.3) is 0 Å². The van der Waals surface area contributed by atoms with Crippen LogP contribution in [0.5, 0.6) is 0 Å². The number of aliphatic hydroxyl groups excluding tert-OH is 1. The molecule has 3 nitrogen and oxygen atoms in total. The van der Waals surface area contributed by atoms with E-state index < -0.39 is 6.10 Å². The first kappa shape index (κ1) is 18.7. The molecule has 1 aromatic carbocycles. The molecule has 1 amide bonds. The van der Waals surface area contributed by atoms with E-state index in [1.165, 1.54) is 0 Å². The van der Waals surface area contributed by atoms with Gasteiger partial charge in [0.05, 0.1) is 6.54 Å². The Bertz CT molecular complexity index is 618. The van der Waals surface area contributed by atoms with Gasteiger partial charge in [0.25, 0.3) is 0 Å². The summed E-state index contributed by atoms with van der Waals surface area (Å²) in [5.41, 5.74) is 0.890. The van der Waals surface area contributed by atoms with E-state index in [2.05, 4.69) is 19.2 Å². The van der Waals surface area contributed by atoms with Crippen LogP contribution in [-0.2, 0) is 11.3 Å². The lowest BCUT2D eigenvalue weighted by molar-refractivity contribution is -0.125. The summed E-state index contributed by atoms with van der Waals surface area (Å²) in [5.74, 6) is 0.270. The van der Waals surface area contributed by atoms with Crippen molar-refractivity contribution >= 4 is 17.2 Å². The van der Waals surface area contributed by atoms with Crippen molar-refractivity contribution in [2.75, 3.05) is 0 Å². The Morgan fingerprint density at radius 1 is 1.08 bits per heavy atom. The normalized spacial score (nSPS) is 12.3. The van der Waals surface area contributed by atoms with Crippen LogP contribution in [0, 0.1) is 5.92 Å². The van der Waals surface area contributed by atoms with Gasteiger partial charge in [-0.2, -0.15) is 0 Å². The number of thiophene rings is 1. The average Bonchev–Trinajstić information content (AvgIpc) is 3.08. The van der Waals surface area contributed by atoms with Gasteiger partial charge in [-0.25, -0.2) is 0 Å². The summed E-state index contributed by atoms with van der Waals surface area (Å²) in [6.45, 7) is 4.77. The number of carbonyl (C=O) groups excluding carboxylic acids is 1. The number of hydrogen-bond acceptors (Lipinski definition) is 3. The van der Waals surface area contributed by atoms with Crippen LogP contribution < -0.4 is 5.32 Å². The zero-order chi connectivity index (χ0) is 17.4. The summed E-state index contributed by atoms with van der Waals surface area (Å²) in [6, 6.07) is 13.6. The smallest absolute Gasteiger partial charge is 0.223 e. The predicted octanol–water partition coefficient (Wildman–Crippen LogP) is 4.66. The second kappa shape index (κ2) is 9.60. The van der Waals surface area contributed by atoms with Gasteiger partial charge in [0.1, 0.15) is 6.10 Å². The summed E-state index contributed by atoms with van der Waals surface area (Å²) in [4.78, 5) is 14.3. The van der Waals surface area contributed by atoms with Gasteiger partial charge in [0.15, 0.2) is 0 Å². The Hall–Kier alpha value is -1.65. The lowest BCUT2D eigenvalue weighted by Crippen LogP contribution is -2.30. The first-order chi connectivity index (χ1) is 11.7. The molecule has 0 fully saturated rings. The topological polar surface area (TPSA) is 49.3 Å². The highest BCUT2D eigenvalue weighted by molar-refractivity contribution is 7.12. The van der Waals surface area contributed by atoms with Crippen molar-refractivity contribution < 1.29 is 9.90 Å². The van der Waals surface area contributed by atoms with Gasteiger partial charge in [-0.15, -0.1) is 11.3 Å². The Kier molecular flexibility index (Phi) is 7.47. The predicted molar refractivity (Wildman–Crippen MR) is 100.0 cm³/mol. The largest absolute Gasteiger partial charge is 0.383 e. The van der Waals surface area contributed by atoms with Gasteiger partial charge < -0.3 is 10.4 Å². The van der Waals surface area contributed by atoms with Crippen molar-refractivity contribution in [3.05, 3.63) is 57.8 Å². The number of rotatable bonds is 9. The fraction of sp³-hybridized carbons (Fsp3) is 0.450. The molecule has 2 N–H and O–H groups in total. The van der Waals surface area contributed by atoms with Gasteiger partial charge >= 0.3 is 0 Å². The molecule has 0 spiro atoms. The van der Waals surface area contributed by atoms with Crippen molar-refractivity contribution in [2.24, 2.45) is 5.92 Å². The standard InChI is InChI=1S/C20H27NO2S/c1-3-8-16(9-4-2)20(23)21-14-17-12-13-18(24-17)19(22)15-10-6-5-7-11-15/h5-7,10-13,16,19,22H,3-4,8-9,14H2,1-2H3,(H,21,23). The SMILES string of the molecule is CCCC(CCC)C(=O)NCc1ccc(C(O)c2ccccc2)s1. The quantitative estimate of drug-likeness (QED) is 0.694. The van der Waals surface area contributed by atoms with Crippen LogP contribution >= 0.6 is 11.3 Å². The average molecular weight is 346 g/mol. The molecule has 2 rings (SSSR count). The molecule has 0 saturated carbocycles. The lowest BCUT2D eigenvalue weighted by Gasteiger charge is -2.14. The van der Waals surface area contributed by atoms with Gasteiger partial charge in [-0.1, -0.05) is 57.0 Å². The Morgan fingerprint density at radius 3 is 2.38 bits per heavy atom. The summed E-state index contributed by atoms with van der Waals surface area (Å²) < 4.78 is 0. The molecule has 1 aromatic heterocycles. The molecular weight excluding hydrogens is 318 g/mol. The van der Waals surface area contributed by atoms with Crippen LogP contribution in [0.1, 0.15) is 61.0 Å². The monoisotopic (exact) mass is 345 g/mol. The molecule has 0 radical (unpaired) electrons. The minimum Gasteiger partial charge on any atom is -0.383 e. The minimum atomic E-state index is -0.603. The molecule has 1 heterocycles. The van der Waals surface area contributed by atoms with Crippen molar-refractivity contribution in [2.45, 2.75) is 52.2 Å². The molecular formula is C20H27NO2S. The molecule has 1 unspecified atom stereocenters. The van der Waals surface area contributed by atoms with E-state index in [1.54, 1.807) is 11.3 Å². The molecule has 4 heteroatoms. The number of hydrogen-bond donors (Lipinski definition) is 2. The highest BCUT2D eigenvalue weighted by Gasteiger charge is 2.17. The van der Waals surface area contributed by atoms with Crippen LogP contribution in [0.2, 0.25) is 0 Å². The molecule has 2 aromatic rings. The zero-order valence-corrected chi connectivity index (χ0v) is 15.3. The molecule has 0 aliphatic heterocycles. The van der Waals surface area contributed by atoms with E-state index in [9.17, 15) is 9.90 Å². The first-order valence-electron chi connectivity index (χ1n) is 8.75. The van der Waals surface area contributed by atoms with E-state index in [-0.39, 0.29) is 11.8 Å². The third-order valence-corrected chi connectivity index (χ3v) is 5.29. The molecule has 0 saturated heterocycles. The zero-order valence-electron chi connectivity index (χ0n) is 14.5. The molecule has 0 aliphatic carbocycles. The highest BCUT2D eigenvalue weighted by Crippen LogP contribution is 2.28. The van der Waals surface area contributed by atoms with E-state index >= 15 is 0 Å². The fourth-order valence-electron chi connectivity index (χ4n) is 2.86. The van der Waals surface area contributed by atoms with Gasteiger partial charge in [0, 0.05) is 15.7 Å². The summed E-state index contributed by atoms with van der Waals surface area (Å²) in [5, 5.41) is 13.5. The highest BCUT2D eigenvalue weighted by atomic mass is 32.1. The minimum absolute atomic E-state index is 0.120. The maximum Gasteiger partial charge on any atom is 0.223 e. The Balaban J connectivity index is 1.93. The van der Waals surface area contributed by atoms with E-state index in [4.69, 9.17) is 0 Å². The van der Waals surface area contributed by atoms with Crippen molar-refractivity contribution in [3.63, 3.8) is 0 Å². The first-order valence-corrected chi connectivity index (χ1v) is 9.56. The number of amides is 1. The second-order valence-corrected chi connectivity index (χ2v) is 7.31. The van der Waals surface area contributed by atoms with Crippen molar-refractivity contribution in [1.29, 1.82) is 0 Å². The lowest BCUT2D eigenvalue weighted by atomic mass is 9.97. The summed E-state index contributed by atoms with van der Waals surface area (Å²) >= 11 is 1.55. The van der Waals surface area contributed by atoms with E-state index in [0.717, 1.165) is 41.0 Å². The molecule has 0 aliphatic rings. The number of nitrogens with one attached hydrogen (secondary N) is 1. The van der Waals surface area contributed by atoms with Crippen LogP contribution in [-0.4, -0.2) is 11.0 Å². The fourth-order valence-corrected chi connectivity index (χ4v) is 3.83. The van der Waals surface area contributed by atoms with Crippen LogP contribution in [0.4, 0.5) is 0 Å². The molecule has 1 atom stereocenters. The number of benzene rings is 1. The Labute approximate surface area is 148 Å². The van der Waals surface area contributed by atoms with E-state index in [0.29, 0.717) is 6.54 Å². The second-order valence-electron chi connectivity index (χ2n) is 6.11. The third kappa shape index (κ3) is 5.18. The van der Waals surface area contributed by atoms with Crippen LogP contribution in [0.15, 0.2) is 42.5 Å².